The van der Waals surface area contributed by atoms with E-state index in [4.69, 9.17) is 0 Å². The van der Waals surface area contributed by atoms with Crippen molar-refractivity contribution in [3.05, 3.63) is 77.9 Å². The smallest absolute Gasteiger partial charge is 0.332 e. The van der Waals surface area contributed by atoms with E-state index in [1.807, 2.05) is 30.3 Å². The van der Waals surface area contributed by atoms with Crippen molar-refractivity contribution in [1.29, 1.82) is 0 Å². The molecule has 1 fully saturated rings. The molecule has 0 saturated heterocycles. The number of alkyl halides is 3. The lowest BCUT2D eigenvalue weighted by Gasteiger charge is -2.22. The number of allylic oxidation sites excluding steroid dienone is 1. The zero-order chi connectivity index (χ0) is 17.9. The van der Waals surface area contributed by atoms with E-state index in [9.17, 15) is 18.0 Å². The van der Waals surface area contributed by atoms with Gasteiger partial charge in [-0.2, -0.15) is 13.2 Å². The van der Waals surface area contributed by atoms with Gasteiger partial charge in [0.25, 0.3) is 0 Å². The summed E-state index contributed by atoms with van der Waals surface area (Å²) in [5.74, 6) is -0.595. The predicted octanol–water partition coefficient (Wildman–Crippen LogP) is 4.82. The highest BCUT2D eigenvalue weighted by Crippen LogP contribution is 2.35. The zero-order valence-electron chi connectivity index (χ0n) is 13.5. The molecule has 0 N–H and O–H groups in total. The highest BCUT2D eigenvalue weighted by Gasteiger charge is 2.37. The van der Waals surface area contributed by atoms with Gasteiger partial charge >= 0.3 is 6.18 Å². The normalized spacial score (nSPS) is 15.1. The van der Waals surface area contributed by atoms with Gasteiger partial charge in [0.05, 0.1) is 5.57 Å². The van der Waals surface area contributed by atoms with E-state index < -0.39 is 17.7 Å². The van der Waals surface area contributed by atoms with Gasteiger partial charge in [0, 0.05) is 18.7 Å². The minimum Gasteiger partial charge on any atom is -0.332 e. The third-order valence-corrected chi connectivity index (χ3v) is 4.12. The lowest BCUT2D eigenvalue weighted by molar-refractivity contribution is -0.127. The van der Waals surface area contributed by atoms with Gasteiger partial charge in [-0.05, 0) is 24.0 Å². The van der Waals surface area contributed by atoms with Crippen LogP contribution in [0.1, 0.15) is 24.0 Å². The standard InChI is InChI=1S/C20H18F3NO/c21-20(22,23)18(16-9-5-2-6-10-16)13-19(25)24(17-11-12-17)14-15-7-3-1-4-8-15/h1-10,13,17H,11-12,14H2/b18-13+. The summed E-state index contributed by atoms with van der Waals surface area (Å²) in [5, 5.41) is 0. The Morgan fingerprint density at radius 1 is 1.00 bits per heavy atom. The predicted molar refractivity (Wildman–Crippen MR) is 90.5 cm³/mol. The van der Waals surface area contributed by atoms with Gasteiger partial charge in [-0.15, -0.1) is 0 Å². The molecule has 0 bridgehead atoms. The molecule has 2 nitrogen and oxygen atoms in total. The van der Waals surface area contributed by atoms with Crippen LogP contribution in [0.3, 0.4) is 0 Å². The summed E-state index contributed by atoms with van der Waals surface area (Å²) in [5.41, 5.74) is 0.0000366. The maximum absolute atomic E-state index is 13.4. The van der Waals surface area contributed by atoms with Crippen LogP contribution in [0.15, 0.2) is 66.7 Å². The number of nitrogens with zero attached hydrogens (tertiary/aromatic N) is 1. The van der Waals surface area contributed by atoms with Gasteiger partial charge in [-0.25, -0.2) is 0 Å². The Hall–Kier alpha value is -2.56. The number of halogens is 3. The molecular formula is C20H18F3NO. The van der Waals surface area contributed by atoms with E-state index >= 15 is 0 Å². The summed E-state index contributed by atoms with van der Waals surface area (Å²) < 4.78 is 40.3. The van der Waals surface area contributed by atoms with Crippen LogP contribution in [0.25, 0.3) is 5.57 Å². The first-order valence-electron chi connectivity index (χ1n) is 8.14. The summed E-state index contributed by atoms with van der Waals surface area (Å²) in [6.07, 6.45) is -2.19. The van der Waals surface area contributed by atoms with Crippen LogP contribution in [0, 0.1) is 0 Å². The first-order valence-corrected chi connectivity index (χ1v) is 8.14. The lowest BCUT2D eigenvalue weighted by atomic mass is 10.0. The van der Waals surface area contributed by atoms with Crippen LogP contribution < -0.4 is 0 Å². The van der Waals surface area contributed by atoms with Crippen molar-refractivity contribution in [3.8, 4) is 0 Å². The van der Waals surface area contributed by atoms with Crippen molar-refractivity contribution in [2.75, 3.05) is 0 Å². The molecule has 0 atom stereocenters. The van der Waals surface area contributed by atoms with Crippen LogP contribution in [-0.4, -0.2) is 23.0 Å². The average molecular weight is 345 g/mol. The Bertz CT molecular complexity index is 750. The highest BCUT2D eigenvalue weighted by atomic mass is 19.4. The Morgan fingerprint density at radius 3 is 2.08 bits per heavy atom. The molecule has 1 saturated carbocycles. The van der Waals surface area contributed by atoms with Crippen molar-refractivity contribution in [2.45, 2.75) is 31.6 Å². The van der Waals surface area contributed by atoms with Crippen LogP contribution in [0.4, 0.5) is 13.2 Å². The highest BCUT2D eigenvalue weighted by molar-refractivity contribution is 5.96. The second-order valence-corrected chi connectivity index (χ2v) is 6.10. The lowest BCUT2D eigenvalue weighted by Crippen LogP contribution is -2.32. The second kappa shape index (κ2) is 7.13. The molecule has 1 aliphatic carbocycles. The Balaban J connectivity index is 1.88. The largest absolute Gasteiger partial charge is 0.417 e. The van der Waals surface area contributed by atoms with Crippen LogP contribution in [0.2, 0.25) is 0 Å². The molecule has 2 aromatic rings. The fourth-order valence-corrected chi connectivity index (χ4v) is 2.71. The molecular weight excluding hydrogens is 327 g/mol. The fourth-order valence-electron chi connectivity index (χ4n) is 2.71. The van der Waals surface area contributed by atoms with E-state index in [1.54, 1.807) is 6.07 Å². The molecule has 3 rings (SSSR count). The SMILES string of the molecule is O=C(/C=C(\c1ccccc1)C(F)(F)F)N(Cc1ccccc1)C1CC1. The van der Waals surface area contributed by atoms with E-state index in [0.29, 0.717) is 6.54 Å². The zero-order valence-corrected chi connectivity index (χ0v) is 13.5. The summed E-state index contributed by atoms with van der Waals surface area (Å²) in [4.78, 5) is 14.1. The van der Waals surface area contributed by atoms with Crippen LogP contribution in [-0.2, 0) is 11.3 Å². The molecule has 130 valence electrons. The van der Waals surface area contributed by atoms with E-state index in [1.165, 1.54) is 29.2 Å². The number of carbonyl (C=O) groups is 1. The van der Waals surface area contributed by atoms with Gasteiger partial charge in [0.2, 0.25) is 5.91 Å². The summed E-state index contributed by atoms with van der Waals surface area (Å²) in [6.45, 7) is 0.320. The molecule has 2 aromatic carbocycles. The first-order chi connectivity index (χ1) is 11.9. The minimum atomic E-state index is -4.58. The monoisotopic (exact) mass is 345 g/mol. The number of benzene rings is 2. The second-order valence-electron chi connectivity index (χ2n) is 6.10. The molecule has 1 amide bonds. The molecule has 0 unspecified atom stereocenters. The third kappa shape index (κ3) is 4.50. The molecule has 0 spiro atoms. The number of rotatable bonds is 5. The maximum Gasteiger partial charge on any atom is 0.417 e. The van der Waals surface area contributed by atoms with E-state index in [-0.39, 0.29) is 11.6 Å². The van der Waals surface area contributed by atoms with Crippen LogP contribution in [0.5, 0.6) is 0 Å². The minimum absolute atomic E-state index is 0.00110. The number of amides is 1. The van der Waals surface area contributed by atoms with Gasteiger partial charge in [0.15, 0.2) is 0 Å². The van der Waals surface area contributed by atoms with Crippen LogP contribution >= 0.6 is 0 Å². The molecule has 0 radical (unpaired) electrons. The number of hydrogen-bond donors (Lipinski definition) is 0. The van der Waals surface area contributed by atoms with Crippen molar-refractivity contribution in [1.82, 2.24) is 4.90 Å². The molecule has 0 aliphatic heterocycles. The van der Waals surface area contributed by atoms with Gasteiger partial charge in [0.1, 0.15) is 0 Å². The van der Waals surface area contributed by atoms with Gasteiger partial charge < -0.3 is 4.90 Å². The Kier molecular flexibility index (Phi) is 4.93. The fraction of sp³-hybridized carbons (Fsp3) is 0.250. The van der Waals surface area contributed by atoms with Gasteiger partial charge in [-0.1, -0.05) is 60.7 Å². The number of carbonyl (C=O) groups excluding carboxylic acids is 1. The van der Waals surface area contributed by atoms with Crippen molar-refractivity contribution < 1.29 is 18.0 Å². The van der Waals surface area contributed by atoms with Crippen molar-refractivity contribution >= 4 is 11.5 Å². The topological polar surface area (TPSA) is 20.3 Å². The Morgan fingerprint density at radius 2 is 1.56 bits per heavy atom. The third-order valence-electron chi connectivity index (χ3n) is 4.12. The molecule has 0 aromatic heterocycles. The molecule has 5 heteroatoms. The first kappa shape index (κ1) is 17.3. The number of hydrogen-bond acceptors (Lipinski definition) is 1. The summed E-state index contributed by atoms with van der Waals surface area (Å²) in [7, 11) is 0. The van der Waals surface area contributed by atoms with E-state index in [2.05, 4.69) is 0 Å². The van der Waals surface area contributed by atoms with Gasteiger partial charge in [-0.3, -0.25) is 4.79 Å². The quantitative estimate of drug-likeness (QED) is 0.711. The van der Waals surface area contributed by atoms with Crippen molar-refractivity contribution in [3.63, 3.8) is 0 Å². The summed E-state index contributed by atoms with van der Waals surface area (Å²) in [6, 6.07) is 16.8. The molecule has 1 aliphatic rings. The Labute approximate surface area is 144 Å². The van der Waals surface area contributed by atoms with E-state index in [0.717, 1.165) is 24.5 Å². The average Bonchev–Trinajstić information content (AvgIpc) is 3.43. The maximum atomic E-state index is 13.4. The molecule has 25 heavy (non-hydrogen) atoms. The summed E-state index contributed by atoms with van der Waals surface area (Å²) >= 11 is 0. The van der Waals surface area contributed by atoms with Crippen molar-refractivity contribution in [2.24, 2.45) is 0 Å². The molecule has 0 heterocycles.